The zero-order chi connectivity index (χ0) is 35.8. The number of nitrogens with zero attached hydrogens (tertiary/aromatic N) is 1. The van der Waals surface area contributed by atoms with Gasteiger partial charge in [-0.15, -0.1) is 0 Å². The smallest absolute Gasteiger partial charge is 0.0622 e. The van der Waals surface area contributed by atoms with Crippen LogP contribution in [0.15, 0.2) is 182 Å². The summed E-state index contributed by atoms with van der Waals surface area (Å²) in [5.41, 5.74) is 9.25. The van der Waals surface area contributed by atoms with Gasteiger partial charge in [0.2, 0.25) is 0 Å². The molecule has 8 aromatic carbocycles. The monoisotopic (exact) mass is 692 g/mol. The molecule has 0 spiro atoms. The summed E-state index contributed by atoms with van der Waals surface area (Å²) in [5, 5.41) is 17.2. The highest BCUT2D eigenvalue weighted by molar-refractivity contribution is 6.37. The first-order chi connectivity index (χ1) is 26.7. The van der Waals surface area contributed by atoms with E-state index in [0.29, 0.717) is 11.8 Å². The third kappa shape index (κ3) is 4.80. The fraction of sp³-hybridized carbons (Fsp3) is 0.115. The van der Waals surface area contributed by atoms with Crippen molar-refractivity contribution in [1.29, 1.82) is 0 Å². The van der Waals surface area contributed by atoms with Crippen LogP contribution in [0.3, 0.4) is 0 Å². The number of nitrogens with one attached hydrogen (secondary N) is 1. The molecule has 2 nitrogen and oxygen atoms in total. The van der Waals surface area contributed by atoms with Gasteiger partial charge in [0.1, 0.15) is 0 Å². The number of para-hydroxylation sites is 1. The Kier molecular flexibility index (Phi) is 7.13. The molecule has 2 aliphatic rings. The van der Waals surface area contributed by atoms with Crippen LogP contribution < -0.4 is 5.32 Å². The Morgan fingerprint density at radius 2 is 1.22 bits per heavy atom. The maximum absolute atomic E-state index is 4.08. The Morgan fingerprint density at radius 1 is 0.537 bits per heavy atom. The van der Waals surface area contributed by atoms with Crippen molar-refractivity contribution in [3.05, 3.63) is 193 Å². The Bertz CT molecular complexity index is 3050. The van der Waals surface area contributed by atoms with Crippen molar-refractivity contribution in [3.63, 3.8) is 0 Å². The maximum Gasteiger partial charge on any atom is 0.0622 e. The second kappa shape index (κ2) is 12.4. The van der Waals surface area contributed by atoms with Gasteiger partial charge >= 0.3 is 0 Å². The molecule has 0 saturated heterocycles. The molecule has 0 bridgehead atoms. The summed E-state index contributed by atoms with van der Waals surface area (Å²) in [6.07, 6.45) is 9.31. The minimum Gasteiger partial charge on any atom is -0.378 e. The number of rotatable bonds is 4. The van der Waals surface area contributed by atoms with Gasteiger partial charge in [0.05, 0.1) is 17.1 Å². The number of hydrogen-bond acceptors (Lipinski definition) is 1. The van der Waals surface area contributed by atoms with E-state index in [1.54, 1.807) is 0 Å². The van der Waals surface area contributed by atoms with E-state index in [-0.39, 0.29) is 6.04 Å². The summed E-state index contributed by atoms with van der Waals surface area (Å²) in [6.45, 7) is 2.43. The number of fused-ring (bicyclic) bond motifs is 11. The maximum atomic E-state index is 4.08. The van der Waals surface area contributed by atoms with Crippen LogP contribution in [-0.2, 0) is 0 Å². The standard InChI is InChI=1S/C52H40N2/c1-33-46(35-14-3-2-4-15-35)32-47(39-24-23-34-13-5-6-17-38(34)31-39)53-51(33)37-25-28-40(29-26-37)54-48-22-12-11-21-45(48)50-49-41-18-8-7-16-36(41)27-30-43(49)42-19-9-10-20-44(42)52(50)54/h2-25,27-28,30-33,46,51,53H,26,29H2,1H3. The van der Waals surface area contributed by atoms with Gasteiger partial charge in [0.25, 0.3) is 0 Å². The fourth-order valence-corrected chi connectivity index (χ4v) is 9.75. The highest BCUT2D eigenvalue weighted by Crippen LogP contribution is 2.46. The van der Waals surface area contributed by atoms with Crippen LogP contribution in [0.2, 0.25) is 0 Å². The molecule has 0 saturated carbocycles. The highest BCUT2D eigenvalue weighted by atomic mass is 15.0. The van der Waals surface area contributed by atoms with E-state index in [0.717, 1.165) is 12.8 Å². The van der Waals surface area contributed by atoms with Gasteiger partial charge in [-0.25, -0.2) is 0 Å². The molecule has 2 heterocycles. The summed E-state index contributed by atoms with van der Waals surface area (Å²) in [6, 6.07) is 58.4. The van der Waals surface area contributed by atoms with Crippen LogP contribution in [0, 0.1) is 5.92 Å². The molecule has 2 heteroatoms. The average Bonchev–Trinajstić information content (AvgIpc) is 3.59. The van der Waals surface area contributed by atoms with Crippen LogP contribution in [-0.4, -0.2) is 10.6 Å². The Hall–Kier alpha value is -6.38. The van der Waals surface area contributed by atoms with Crippen molar-refractivity contribution >= 4 is 76.3 Å². The Balaban J connectivity index is 1.08. The Labute approximate surface area is 315 Å². The molecular formula is C52H40N2. The van der Waals surface area contributed by atoms with E-state index >= 15 is 0 Å². The SMILES string of the molecule is CC1C(C2=CC=C(n3c4ccccc4c4c5c6ccccc6ccc5c5ccccc5c43)CC2)NC(c2ccc3ccccc3c2)=CC1c1ccccc1. The lowest BCUT2D eigenvalue weighted by Gasteiger charge is -2.39. The molecule has 0 amide bonds. The third-order valence-electron chi connectivity index (χ3n) is 12.4. The summed E-state index contributed by atoms with van der Waals surface area (Å²) < 4.78 is 2.59. The molecule has 0 radical (unpaired) electrons. The first kappa shape index (κ1) is 31.2. The number of allylic oxidation sites excluding steroid dienone is 4. The number of hydrogen-bond donors (Lipinski definition) is 1. The predicted octanol–water partition coefficient (Wildman–Crippen LogP) is 13.4. The molecule has 3 unspecified atom stereocenters. The zero-order valence-electron chi connectivity index (χ0n) is 30.3. The van der Waals surface area contributed by atoms with E-state index in [1.165, 1.54) is 93.0 Å². The molecule has 258 valence electrons. The Morgan fingerprint density at radius 3 is 2.04 bits per heavy atom. The molecule has 9 aromatic rings. The van der Waals surface area contributed by atoms with Crippen molar-refractivity contribution < 1.29 is 0 Å². The average molecular weight is 693 g/mol. The highest BCUT2D eigenvalue weighted by Gasteiger charge is 2.34. The summed E-state index contributed by atoms with van der Waals surface area (Å²) in [5.74, 6) is 0.687. The second-order valence-electron chi connectivity index (χ2n) is 15.3. The first-order valence-corrected chi connectivity index (χ1v) is 19.4. The van der Waals surface area contributed by atoms with E-state index in [9.17, 15) is 0 Å². The first-order valence-electron chi connectivity index (χ1n) is 19.4. The van der Waals surface area contributed by atoms with Crippen LogP contribution in [0.1, 0.15) is 36.8 Å². The largest absolute Gasteiger partial charge is 0.378 e. The van der Waals surface area contributed by atoms with Crippen molar-refractivity contribution in [2.75, 3.05) is 0 Å². The topological polar surface area (TPSA) is 17.0 Å². The normalized spacial score (nSPS) is 19.0. The van der Waals surface area contributed by atoms with Gasteiger partial charge < -0.3 is 9.88 Å². The fourth-order valence-electron chi connectivity index (χ4n) is 9.75. The zero-order valence-corrected chi connectivity index (χ0v) is 30.3. The molecule has 1 aliphatic carbocycles. The molecule has 0 fully saturated rings. The van der Waals surface area contributed by atoms with Crippen LogP contribution in [0.25, 0.3) is 76.3 Å². The van der Waals surface area contributed by atoms with E-state index in [1.807, 2.05) is 0 Å². The van der Waals surface area contributed by atoms with Crippen LogP contribution >= 0.6 is 0 Å². The summed E-state index contributed by atoms with van der Waals surface area (Å²) >= 11 is 0. The van der Waals surface area contributed by atoms with Gasteiger partial charge in [0, 0.05) is 38.9 Å². The minimum atomic E-state index is 0.216. The van der Waals surface area contributed by atoms with Gasteiger partial charge in [-0.3, -0.25) is 0 Å². The van der Waals surface area contributed by atoms with Gasteiger partial charge in [-0.05, 0) is 86.0 Å². The van der Waals surface area contributed by atoms with Crippen LogP contribution in [0.5, 0.6) is 0 Å². The van der Waals surface area contributed by atoms with E-state index in [2.05, 4.69) is 193 Å². The summed E-state index contributed by atoms with van der Waals surface area (Å²) in [7, 11) is 0. The second-order valence-corrected chi connectivity index (χ2v) is 15.3. The number of benzene rings is 8. The van der Waals surface area contributed by atoms with Crippen molar-refractivity contribution in [3.8, 4) is 0 Å². The van der Waals surface area contributed by atoms with Gasteiger partial charge in [-0.1, -0.05) is 165 Å². The minimum absolute atomic E-state index is 0.216. The van der Waals surface area contributed by atoms with Crippen molar-refractivity contribution in [1.82, 2.24) is 9.88 Å². The molecule has 1 aliphatic heterocycles. The van der Waals surface area contributed by atoms with E-state index in [4.69, 9.17) is 0 Å². The molecular weight excluding hydrogens is 653 g/mol. The van der Waals surface area contributed by atoms with Crippen LogP contribution in [0.4, 0.5) is 0 Å². The molecule has 54 heavy (non-hydrogen) atoms. The van der Waals surface area contributed by atoms with Gasteiger partial charge in [0.15, 0.2) is 0 Å². The lowest BCUT2D eigenvalue weighted by Crippen LogP contribution is -2.42. The summed E-state index contributed by atoms with van der Waals surface area (Å²) in [4.78, 5) is 0. The van der Waals surface area contributed by atoms with E-state index < -0.39 is 0 Å². The molecule has 3 atom stereocenters. The molecule has 1 aromatic heterocycles. The van der Waals surface area contributed by atoms with Crippen molar-refractivity contribution in [2.45, 2.75) is 31.7 Å². The van der Waals surface area contributed by atoms with Gasteiger partial charge in [-0.2, -0.15) is 0 Å². The third-order valence-corrected chi connectivity index (χ3v) is 12.4. The lowest BCUT2D eigenvalue weighted by atomic mass is 9.75. The quantitative estimate of drug-likeness (QED) is 0.182. The number of aromatic nitrogens is 1. The predicted molar refractivity (Wildman–Crippen MR) is 231 cm³/mol. The van der Waals surface area contributed by atoms with Crippen molar-refractivity contribution in [2.24, 2.45) is 5.92 Å². The lowest BCUT2D eigenvalue weighted by molar-refractivity contribution is 0.399. The molecule has 1 N–H and O–H groups in total. The molecule has 11 rings (SSSR count).